The molecule has 136 valence electrons. The van der Waals surface area contributed by atoms with Crippen molar-refractivity contribution in [3.05, 3.63) is 35.9 Å². The van der Waals surface area contributed by atoms with Crippen molar-refractivity contribution in [2.75, 3.05) is 45.9 Å². The Balaban J connectivity index is 1.44. The van der Waals surface area contributed by atoms with Crippen LogP contribution in [0.3, 0.4) is 0 Å². The van der Waals surface area contributed by atoms with Gasteiger partial charge in [0.1, 0.15) is 0 Å². The quantitative estimate of drug-likeness (QED) is 0.860. The van der Waals surface area contributed by atoms with Crippen LogP contribution in [0, 0.1) is 5.92 Å². The first-order valence-electron chi connectivity index (χ1n) is 9.12. The van der Waals surface area contributed by atoms with Gasteiger partial charge in [-0.2, -0.15) is 0 Å². The van der Waals surface area contributed by atoms with Gasteiger partial charge in [-0.25, -0.2) is 0 Å². The molecule has 6 heteroatoms. The molecule has 0 spiro atoms. The molecule has 0 aliphatic carbocycles. The van der Waals surface area contributed by atoms with Crippen LogP contribution in [0.5, 0.6) is 0 Å². The second kappa shape index (κ2) is 8.97. The summed E-state index contributed by atoms with van der Waals surface area (Å²) in [6, 6.07) is 9.89. The number of amides is 2. The van der Waals surface area contributed by atoms with E-state index in [0.29, 0.717) is 45.9 Å². The van der Waals surface area contributed by atoms with Crippen LogP contribution in [0.15, 0.2) is 30.3 Å². The fourth-order valence-corrected chi connectivity index (χ4v) is 3.50. The molecule has 0 bridgehead atoms. The second-order valence-electron chi connectivity index (χ2n) is 6.77. The number of nitrogens with one attached hydrogen (secondary N) is 1. The topological polar surface area (TPSA) is 61.9 Å². The first kappa shape index (κ1) is 17.9. The number of carbonyl (C=O) groups is 2. The van der Waals surface area contributed by atoms with E-state index in [1.807, 2.05) is 35.2 Å². The normalized spacial score (nSPS) is 21.8. The molecule has 2 saturated heterocycles. The van der Waals surface area contributed by atoms with E-state index in [4.69, 9.17) is 4.74 Å². The van der Waals surface area contributed by atoms with Crippen LogP contribution < -0.4 is 5.32 Å². The maximum atomic E-state index is 12.6. The van der Waals surface area contributed by atoms with E-state index in [9.17, 15) is 9.59 Å². The lowest BCUT2D eigenvalue weighted by atomic mass is 9.96. The average Bonchev–Trinajstić information content (AvgIpc) is 2.67. The molecular formula is C19H27N3O3. The summed E-state index contributed by atoms with van der Waals surface area (Å²) in [4.78, 5) is 28.9. The number of benzene rings is 1. The molecule has 0 saturated carbocycles. The fourth-order valence-electron chi connectivity index (χ4n) is 3.50. The van der Waals surface area contributed by atoms with Crippen molar-refractivity contribution in [3.8, 4) is 0 Å². The highest BCUT2D eigenvalue weighted by atomic mass is 16.5. The van der Waals surface area contributed by atoms with Gasteiger partial charge in [0.05, 0.1) is 25.7 Å². The van der Waals surface area contributed by atoms with Gasteiger partial charge in [-0.1, -0.05) is 30.3 Å². The Labute approximate surface area is 149 Å². The van der Waals surface area contributed by atoms with E-state index in [1.165, 1.54) is 0 Å². The molecule has 2 heterocycles. The van der Waals surface area contributed by atoms with Crippen LogP contribution >= 0.6 is 0 Å². The zero-order valence-corrected chi connectivity index (χ0v) is 14.7. The van der Waals surface area contributed by atoms with Crippen molar-refractivity contribution in [2.24, 2.45) is 5.92 Å². The Bertz CT molecular complexity index is 573. The SMILES string of the molecule is O=C(CN1CCCC(C(=O)N2CCOCC2)C1)NCc1ccccc1. The van der Waals surface area contributed by atoms with Gasteiger partial charge in [-0.05, 0) is 24.9 Å². The Morgan fingerprint density at radius 2 is 1.88 bits per heavy atom. The molecule has 1 aromatic rings. The van der Waals surface area contributed by atoms with E-state index in [1.54, 1.807) is 0 Å². The zero-order valence-electron chi connectivity index (χ0n) is 14.7. The summed E-state index contributed by atoms with van der Waals surface area (Å²) >= 11 is 0. The molecule has 2 amide bonds. The summed E-state index contributed by atoms with van der Waals surface area (Å²) < 4.78 is 5.32. The van der Waals surface area contributed by atoms with Crippen molar-refractivity contribution >= 4 is 11.8 Å². The summed E-state index contributed by atoms with van der Waals surface area (Å²) in [7, 11) is 0. The zero-order chi connectivity index (χ0) is 17.5. The maximum absolute atomic E-state index is 12.6. The lowest BCUT2D eigenvalue weighted by Crippen LogP contribution is -2.49. The minimum absolute atomic E-state index is 0.00812. The molecular weight excluding hydrogens is 318 g/mol. The predicted octanol–water partition coefficient (Wildman–Crippen LogP) is 0.874. The number of piperidine rings is 1. The third-order valence-electron chi connectivity index (χ3n) is 4.88. The number of rotatable bonds is 5. The van der Waals surface area contributed by atoms with Crippen molar-refractivity contribution < 1.29 is 14.3 Å². The largest absolute Gasteiger partial charge is 0.378 e. The monoisotopic (exact) mass is 345 g/mol. The summed E-state index contributed by atoms with van der Waals surface area (Å²) in [5, 5.41) is 2.96. The molecule has 0 aromatic heterocycles. The Hall–Kier alpha value is -1.92. The molecule has 25 heavy (non-hydrogen) atoms. The second-order valence-corrected chi connectivity index (χ2v) is 6.77. The highest BCUT2D eigenvalue weighted by Gasteiger charge is 2.30. The molecule has 2 aliphatic heterocycles. The van der Waals surface area contributed by atoms with Crippen LogP contribution in [0.2, 0.25) is 0 Å². The highest BCUT2D eigenvalue weighted by molar-refractivity contribution is 5.80. The maximum Gasteiger partial charge on any atom is 0.234 e. The average molecular weight is 345 g/mol. The van der Waals surface area contributed by atoms with Gasteiger partial charge < -0.3 is 15.0 Å². The van der Waals surface area contributed by atoms with E-state index < -0.39 is 0 Å². The van der Waals surface area contributed by atoms with E-state index >= 15 is 0 Å². The van der Waals surface area contributed by atoms with Crippen LogP contribution in [-0.4, -0.2) is 67.6 Å². The number of morpholine rings is 1. The summed E-state index contributed by atoms with van der Waals surface area (Å²) in [5.74, 6) is 0.245. The minimum atomic E-state index is 0.00812. The molecule has 1 atom stereocenters. The van der Waals surface area contributed by atoms with E-state index in [2.05, 4.69) is 10.2 Å². The van der Waals surface area contributed by atoms with Crippen LogP contribution in [0.25, 0.3) is 0 Å². The molecule has 1 N–H and O–H groups in total. The van der Waals surface area contributed by atoms with Crippen LogP contribution in [0.1, 0.15) is 18.4 Å². The first-order valence-corrected chi connectivity index (χ1v) is 9.12. The Morgan fingerprint density at radius 1 is 1.12 bits per heavy atom. The van der Waals surface area contributed by atoms with E-state index in [0.717, 1.165) is 24.9 Å². The van der Waals surface area contributed by atoms with Crippen LogP contribution in [-0.2, 0) is 20.9 Å². The third kappa shape index (κ3) is 5.28. The van der Waals surface area contributed by atoms with Gasteiger partial charge in [-0.3, -0.25) is 14.5 Å². The molecule has 3 rings (SSSR count). The number of likely N-dealkylation sites (tertiary alicyclic amines) is 1. The number of carbonyl (C=O) groups excluding carboxylic acids is 2. The van der Waals surface area contributed by atoms with Crippen LogP contribution in [0.4, 0.5) is 0 Å². The van der Waals surface area contributed by atoms with Gasteiger partial charge in [0.2, 0.25) is 11.8 Å². The molecule has 1 unspecified atom stereocenters. The van der Waals surface area contributed by atoms with Gasteiger partial charge in [0.15, 0.2) is 0 Å². The number of ether oxygens (including phenoxy) is 1. The summed E-state index contributed by atoms with van der Waals surface area (Å²) in [5.41, 5.74) is 1.09. The standard InChI is InChI=1S/C19H27N3O3/c23-18(20-13-16-5-2-1-3-6-16)15-21-8-4-7-17(14-21)19(24)22-9-11-25-12-10-22/h1-3,5-6,17H,4,7-15H2,(H,20,23). The van der Waals surface area contributed by atoms with Crippen molar-refractivity contribution in [2.45, 2.75) is 19.4 Å². The molecule has 1 aromatic carbocycles. The van der Waals surface area contributed by atoms with Gasteiger partial charge >= 0.3 is 0 Å². The number of hydrogen-bond donors (Lipinski definition) is 1. The van der Waals surface area contributed by atoms with Crippen molar-refractivity contribution in [1.82, 2.24) is 15.1 Å². The van der Waals surface area contributed by atoms with Gasteiger partial charge in [-0.15, -0.1) is 0 Å². The summed E-state index contributed by atoms with van der Waals surface area (Å²) in [6.45, 7) is 5.10. The number of hydrogen-bond acceptors (Lipinski definition) is 4. The van der Waals surface area contributed by atoms with Crippen molar-refractivity contribution in [1.29, 1.82) is 0 Å². The van der Waals surface area contributed by atoms with Gasteiger partial charge in [0.25, 0.3) is 0 Å². The summed E-state index contributed by atoms with van der Waals surface area (Å²) in [6.07, 6.45) is 1.88. The lowest BCUT2D eigenvalue weighted by Gasteiger charge is -2.35. The predicted molar refractivity (Wildman–Crippen MR) is 94.9 cm³/mol. The third-order valence-corrected chi connectivity index (χ3v) is 4.88. The first-order chi connectivity index (χ1) is 12.2. The molecule has 6 nitrogen and oxygen atoms in total. The lowest BCUT2D eigenvalue weighted by molar-refractivity contribution is -0.142. The molecule has 2 aliphatic rings. The fraction of sp³-hybridized carbons (Fsp3) is 0.579. The smallest absolute Gasteiger partial charge is 0.234 e. The van der Waals surface area contributed by atoms with Gasteiger partial charge in [0, 0.05) is 26.2 Å². The minimum Gasteiger partial charge on any atom is -0.378 e. The highest BCUT2D eigenvalue weighted by Crippen LogP contribution is 2.19. The molecule has 0 radical (unpaired) electrons. The molecule has 2 fully saturated rings. The Morgan fingerprint density at radius 3 is 2.64 bits per heavy atom. The Kier molecular flexibility index (Phi) is 6.42. The number of nitrogens with zero attached hydrogens (tertiary/aromatic N) is 2. The van der Waals surface area contributed by atoms with E-state index in [-0.39, 0.29) is 17.7 Å². The van der Waals surface area contributed by atoms with Crippen molar-refractivity contribution in [3.63, 3.8) is 0 Å².